The van der Waals surface area contributed by atoms with Crippen molar-refractivity contribution >= 4 is 28.3 Å². The minimum absolute atomic E-state index is 0. The molecule has 0 spiro atoms. The van der Waals surface area contributed by atoms with Gasteiger partial charge in [0.15, 0.2) is 0 Å². The molecule has 0 aromatic rings. The summed E-state index contributed by atoms with van der Waals surface area (Å²) in [5.41, 5.74) is 0. The van der Waals surface area contributed by atoms with Crippen LogP contribution in [0.1, 0.15) is 0 Å². The first-order valence-corrected chi connectivity index (χ1v) is 3.10. The van der Waals surface area contributed by atoms with Gasteiger partial charge in [0.25, 0.3) is 0 Å². The van der Waals surface area contributed by atoms with Gasteiger partial charge < -0.3 is 4.90 Å². The van der Waals surface area contributed by atoms with Gasteiger partial charge in [0, 0.05) is 11.9 Å². The molecule has 0 heterocycles. The number of nitrogens with zero attached hydrogens (tertiary/aromatic N) is 1. The smallest absolute Gasteiger partial charge is 0.0159 e. The molecule has 0 rings (SSSR count). The highest BCUT2D eigenvalue weighted by Crippen LogP contribution is 1.79. The summed E-state index contributed by atoms with van der Waals surface area (Å²) < 4.78 is 0. The Morgan fingerprint density at radius 2 is 1.86 bits per heavy atom. The maximum absolute atomic E-state index is 3.31. The number of hydrogen-bond acceptors (Lipinski definition) is 1. The second-order valence-corrected chi connectivity index (χ2v) is 2.29. The summed E-state index contributed by atoms with van der Waals surface area (Å²) in [7, 11) is 4.11. The molecule has 0 saturated heterocycles. The molecule has 3 heteroatoms. The van der Waals surface area contributed by atoms with E-state index in [-0.39, 0.29) is 12.4 Å². The van der Waals surface area contributed by atoms with E-state index >= 15 is 0 Å². The van der Waals surface area contributed by atoms with Crippen molar-refractivity contribution in [3.05, 3.63) is 0 Å². The standard InChI is InChI=1S/C4H10BrN.ClH/c1-6(2)4-3-5;/h3-4H2,1-2H3;1H. The third-order valence-electron chi connectivity index (χ3n) is 0.532. The zero-order valence-electron chi connectivity index (χ0n) is 4.65. The lowest BCUT2D eigenvalue weighted by atomic mass is 10.7. The minimum atomic E-state index is 0. The van der Waals surface area contributed by atoms with Crippen LogP contribution in [0.5, 0.6) is 0 Å². The fourth-order valence-corrected chi connectivity index (χ4v) is 0.878. The molecule has 0 saturated carbocycles. The highest BCUT2D eigenvalue weighted by atomic mass is 79.9. The van der Waals surface area contributed by atoms with E-state index < -0.39 is 0 Å². The van der Waals surface area contributed by atoms with E-state index in [1.54, 1.807) is 0 Å². The molecular weight excluding hydrogens is 177 g/mol. The summed E-state index contributed by atoms with van der Waals surface area (Å²) in [5, 5.41) is 1.07. The SMILES string of the molecule is CN(C)CCBr.Cl. The van der Waals surface area contributed by atoms with Crippen LogP contribution < -0.4 is 0 Å². The fraction of sp³-hybridized carbons (Fsp3) is 1.00. The maximum atomic E-state index is 3.31. The van der Waals surface area contributed by atoms with Crippen molar-refractivity contribution in [2.24, 2.45) is 0 Å². The van der Waals surface area contributed by atoms with Gasteiger partial charge in [0.05, 0.1) is 0 Å². The molecule has 0 radical (unpaired) electrons. The molecular formula is C4H11BrClN. The van der Waals surface area contributed by atoms with Crippen LogP contribution in [0.2, 0.25) is 0 Å². The van der Waals surface area contributed by atoms with Crippen molar-refractivity contribution in [1.29, 1.82) is 0 Å². The predicted octanol–water partition coefficient (Wildman–Crippen LogP) is 1.36. The predicted molar refractivity (Wildman–Crippen MR) is 39.6 cm³/mol. The molecule has 0 aliphatic rings. The van der Waals surface area contributed by atoms with Crippen LogP contribution in [0.4, 0.5) is 0 Å². The van der Waals surface area contributed by atoms with Crippen LogP contribution in [0.3, 0.4) is 0 Å². The summed E-state index contributed by atoms with van der Waals surface area (Å²) in [4.78, 5) is 2.13. The van der Waals surface area contributed by atoms with Crippen LogP contribution in [-0.4, -0.2) is 30.9 Å². The largest absolute Gasteiger partial charge is 0.309 e. The first-order valence-electron chi connectivity index (χ1n) is 1.98. The van der Waals surface area contributed by atoms with Crippen LogP contribution in [-0.2, 0) is 0 Å². The Bertz CT molecular complexity index is 32.9. The Balaban J connectivity index is 0. The highest BCUT2D eigenvalue weighted by Gasteiger charge is 1.80. The average Bonchev–Trinajstić information content (AvgIpc) is 1.35. The molecule has 0 aliphatic carbocycles. The second kappa shape index (κ2) is 6.73. The van der Waals surface area contributed by atoms with E-state index in [2.05, 4.69) is 34.9 Å². The molecule has 0 unspecified atom stereocenters. The van der Waals surface area contributed by atoms with E-state index in [0.29, 0.717) is 0 Å². The summed E-state index contributed by atoms with van der Waals surface area (Å²) in [6, 6.07) is 0. The highest BCUT2D eigenvalue weighted by molar-refractivity contribution is 9.09. The summed E-state index contributed by atoms with van der Waals surface area (Å²) >= 11 is 3.31. The Kier molecular flexibility index (Phi) is 10.3. The summed E-state index contributed by atoms with van der Waals surface area (Å²) in [6.07, 6.45) is 0. The number of rotatable bonds is 2. The minimum Gasteiger partial charge on any atom is -0.309 e. The molecule has 0 amide bonds. The first kappa shape index (κ1) is 10.7. The van der Waals surface area contributed by atoms with Crippen LogP contribution >= 0.6 is 28.3 Å². The zero-order valence-corrected chi connectivity index (χ0v) is 7.05. The van der Waals surface area contributed by atoms with E-state index in [1.807, 2.05) is 0 Å². The van der Waals surface area contributed by atoms with E-state index in [4.69, 9.17) is 0 Å². The van der Waals surface area contributed by atoms with Gasteiger partial charge in [-0.1, -0.05) is 15.9 Å². The molecule has 1 nitrogen and oxygen atoms in total. The second-order valence-electron chi connectivity index (χ2n) is 1.49. The van der Waals surface area contributed by atoms with Gasteiger partial charge in [-0.3, -0.25) is 0 Å². The molecule has 0 atom stereocenters. The zero-order chi connectivity index (χ0) is 4.99. The number of alkyl halides is 1. The van der Waals surface area contributed by atoms with E-state index in [1.165, 1.54) is 0 Å². The van der Waals surface area contributed by atoms with Gasteiger partial charge in [0.1, 0.15) is 0 Å². The fourth-order valence-electron chi connectivity index (χ4n) is 0.169. The van der Waals surface area contributed by atoms with Crippen molar-refractivity contribution < 1.29 is 0 Å². The molecule has 0 bridgehead atoms. The van der Waals surface area contributed by atoms with Crippen molar-refractivity contribution in [2.75, 3.05) is 26.0 Å². The maximum Gasteiger partial charge on any atom is 0.0159 e. The van der Waals surface area contributed by atoms with E-state index in [9.17, 15) is 0 Å². The Hall–Kier alpha value is 0.730. The lowest BCUT2D eigenvalue weighted by Crippen LogP contribution is -2.13. The van der Waals surface area contributed by atoms with Crippen molar-refractivity contribution in [2.45, 2.75) is 0 Å². The quantitative estimate of drug-likeness (QED) is 0.592. The van der Waals surface area contributed by atoms with Crippen LogP contribution in [0.25, 0.3) is 0 Å². The summed E-state index contributed by atoms with van der Waals surface area (Å²) in [6.45, 7) is 1.12. The Morgan fingerprint density at radius 1 is 1.43 bits per heavy atom. The normalized spacial score (nSPS) is 8.57. The van der Waals surface area contributed by atoms with Gasteiger partial charge in [-0.15, -0.1) is 12.4 Å². The van der Waals surface area contributed by atoms with Gasteiger partial charge in [-0.25, -0.2) is 0 Å². The van der Waals surface area contributed by atoms with Crippen LogP contribution in [0.15, 0.2) is 0 Å². The lowest BCUT2D eigenvalue weighted by Gasteiger charge is -2.03. The third kappa shape index (κ3) is 10.8. The first-order chi connectivity index (χ1) is 2.77. The topological polar surface area (TPSA) is 3.24 Å². The molecule has 46 valence electrons. The van der Waals surface area contributed by atoms with Crippen LogP contribution in [0, 0.1) is 0 Å². The third-order valence-corrected chi connectivity index (χ3v) is 0.886. The Labute approximate surface area is 59.6 Å². The van der Waals surface area contributed by atoms with Crippen molar-refractivity contribution in [1.82, 2.24) is 4.90 Å². The van der Waals surface area contributed by atoms with Gasteiger partial charge in [-0.05, 0) is 14.1 Å². The molecule has 7 heavy (non-hydrogen) atoms. The van der Waals surface area contributed by atoms with Gasteiger partial charge in [0.2, 0.25) is 0 Å². The summed E-state index contributed by atoms with van der Waals surface area (Å²) in [5.74, 6) is 0. The van der Waals surface area contributed by atoms with Gasteiger partial charge in [-0.2, -0.15) is 0 Å². The average molecular weight is 188 g/mol. The molecule has 0 fully saturated rings. The molecule has 0 N–H and O–H groups in total. The number of halogens is 2. The van der Waals surface area contributed by atoms with Crippen molar-refractivity contribution in [3.8, 4) is 0 Å². The molecule has 0 aliphatic heterocycles. The number of hydrogen-bond donors (Lipinski definition) is 0. The molecule has 0 aromatic heterocycles. The monoisotopic (exact) mass is 187 g/mol. The Morgan fingerprint density at radius 3 is 1.86 bits per heavy atom. The van der Waals surface area contributed by atoms with Crippen molar-refractivity contribution in [3.63, 3.8) is 0 Å². The lowest BCUT2D eigenvalue weighted by molar-refractivity contribution is 0.438. The molecule has 0 aromatic carbocycles. The van der Waals surface area contributed by atoms with E-state index in [0.717, 1.165) is 11.9 Å². The van der Waals surface area contributed by atoms with Gasteiger partial charge >= 0.3 is 0 Å².